The van der Waals surface area contributed by atoms with Crippen LogP contribution in [0.15, 0.2) is 24.3 Å². The highest BCUT2D eigenvalue weighted by molar-refractivity contribution is 5.93. The molecule has 2 N–H and O–H groups in total. The second kappa shape index (κ2) is 7.19. The predicted molar refractivity (Wildman–Crippen MR) is 83.3 cm³/mol. The monoisotopic (exact) mass is 290 g/mol. The third-order valence-corrected chi connectivity index (χ3v) is 3.45. The molecule has 1 aliphatic rings. The smallest absolute Gasteiger partial charge is 0.238 e. The largest absolute Gasteiger partial charge is 0.326 e. The Kier molecular flexibility index (Phi) is 5.30. The summed E-state index contributed by atoms with van der Waals surface area (Å²) in [4.78, 5) is 27.3. The van der Waals surface area contributed by atoms with Gasteiger partial charge in [0.2, 0.25) is 11.8 Å². The number of nitrogens with one attached hydrogen (secondary N) is 2. The number of carbonyl (C=O) groups is 2. The molecular weight excluding hydrogens is 268 g/mol. The number of rotatable bonds is 4. The lowest BCUT2D eigenvalue weighted by Gasteiger charge is -2.31. The van der Waals surface area contributed by atoms with E-state index >= 15 is 0 Å². The van der Waals surface area contributed by atoms with Crippen molar-refractivity contribution in [3.8, 4) is 0 Å². The van der Waals surface area contributed by atoms with Crippen LogP contribution < -0.4 is 10.6 Å². The van der Waals surface area contributed by atoms with E-state index in [0.29, 0.717) is 6.54 Å². The van der Waals surface area contributed by atoms with Gasteiger partial charge in [-0.05, 0) is 31.3 Å². The molecule has 0 saturated carbocycles. The molecule has 1 aliphatic heterocycles. The molecule has 0 aromatic heterocycles. The Balaban J connectivity index is 1.80. The van der Waals surface area contributed by atoms with E-state index in [2.05, 4.69) is 27.5 Å². The van der Waals surface area contributed by atoms with Crippen molar-refractivity contribution in [2.45, 2.75) is 6.92 Å². The molecule has 2 rings (SSSR count). The van der Waals surface area contributed by atoms with Gasteiger partial charge >= 0.3 is 0 Å². The van der Waals surface area contributed by atoms with Gasteiger partial charge in [0.1, 0.15) is 0 Å². The summed E-state index contributed by atoms with van der Waals surface area (Å²) in [5, 5.41) is 5.56. The van der Waals surface area contributed by atoms with Crippen molar-refractivity contribution in [3.63, 3.8) is 0 Å². The highest BCUT2D eigenvalue weighted by atomic mass is 16.2. The summed E-state index contributed by atoms with van der Waals surface area (Å²) in [6, 6.07) is 7.11. The van der Waals surface area contributed by atoms with Gasteiger partial charge in [0.15, 0.2) is 0 Å². The van der Waals surface area contributed by atoms with Crippen molar-refractivity contribution < 1.29 is 9.59 Å². The Morgan fingerprint density at radius 3 is 2.05 bits per heavy atom. The Hall–Kier alpha value is -1.92. The van der Waals surface area contributed by atoms with Crippen molar-refractivity contribution >= 4 is 23.2 Å². The Labute approximate surface area is 125 Å². The Morgan fingerprint density at radius 2 is 1.52 bits per heavy atom. The minimum absolute atomic E-state index is 0.00756. The van der Waals surface area contributed by atoms with Gasteiger partial charge in [-0.15, -0.1) is 0 Å². The number of hydrogen-bond acceptors (Lipinski definition) is 4. The maximum atomic E-state index is 12.0. The number of likely N-dealkylation sites (N-methyl/N-ethyl adjacent to an activating group) is 1. The third-order valence-electron chi connectivity index (χ3n) is 3.45. The average Bonchev–Trinajstić information content (AvgIpc) is 2.43. The van der Waals surface area contributed by atoms with Gasteiger partial charge in [-0.25, -0.2) is 0 Å². The van der Waals surface area contributed by atoms with Gasteiger partial charge in [-0.3, -0.25) is 14.5 Å². The zero-order valence-electron chi connectivity index (χ0n) is 12.6. The SMILES string of the molecule is CC(=O)Nc1ccc(NC(=O)CN2CCN(C)CC2)cc1. The molecule has 1 saturated heterocycles. The fourth-order valence-corrected chi connectivity index (χ4v) is 2.25. The van der Waals surface area contributed by atoms with Crippen LogP contribution in [0.4, 0.5) is 11.4 Å². The predicted octanol–water partition coefficient (Wildman–Crippen LogP) is 0.831. The number of piperazine rings is 1. The van der Waals surface area contributed by atoms with Crippen LogP contribution in [0.2, 0.25) is 0 Å². The van der Waals surface area contributed by atoms with Crippen LogP contribution in [0, 0.1) is 0 Å². The Bertz CT molecular complexity index is 493. The molecule has 6 heteroatoms. The van der Waals surface area contributed by atoms with Gasteiger partial charge in [-0.1, -0.05) is 0 Å². The van der Waals surface area contributed by atoms with Gasteiger partial charge < -0.3 is 15.5 Å². The summed E-state index contributed by atoms with van der Waals surface area (Å²) in [7, 11) is 2.09. The van der Waals surface area contributed by atoms with Crippen molar-refractivity contribution in [1.29, 1.82) is 0 Å². The third kappa shape index (κ3) is 5.17. The number of benzene rings is 1. The minimum Gasteiger partial charge on any atom is -0.326 e. The van der Waals surface area contributed by atoms with Crippen LogP contribution in [0.25, 0.3) is 0 Å². The maximum Gasteiger partial charge on any atom is 0.238 e. The molecule has 1 aromatic carbocycles. The zero-order chi connectivity index (χ0) is 15.2. The minimum atomic E-state index is -0.109. The molecule has 1 heterocycles. The number of anilines is 2. The molecule has 1 aromatic rings. The molecule has 21 heavy (non-hydrogen) atoms. The zero-order valence-corrected chi connectivity index (χ0v) is 12.6. The number of nitrogens with zero attached hydrogens (tertiary/aromatic N) is 2. The van der Waals surface area contributed by atoms with E-state index in [-0.39, 0.29) is 11.8 Å². The second-order valence-electron chi connectivity index (χ2n) is 5.39. The molecule has 114 valence electrons. The summed E-state index contributed by atoms with van der Waals surface area (Å²) in [6.45, 7) is 5.72. The van der Waals surface area contributed by atoms with Crippen LogP contribution in [0.3, 0.4) is 0 Å². The molecule has 0 aliphatic carbocycles. The van der Waals surface area contributed by atoms with E-state index in [4.69, 9.17) is 0 Å². The van der Waals surface area contributed by atoms with E-state index < -0.39 is 0 Å². The van der Waals surface area contributed by atoms with Crippen molar-refractivity contribution in [1.82, 2.24) is 9.80 Å². The van der Waals surface area contributed by atoms with Crippen LogP contribution in [0.5, 0.6) is 0 Å². The van der Waals surface area contributed by atoms with Gasteiger partial charge in [-0.2, -0.15) is 0 Å². The molecule has 2 amide bonds. The standard InChI is InChI=1S/C15H22N4O2/c1-12(20)16-13-3-5-14(6-4-13)17-15(21)11-19-9-7-18(2)8-10-19/h3-6H,7-11H2,1-2H3,(H,16,20)(H,17,21). The summed E-state index contributed by atoms with van der Waals surface area (Å²) in [5.74, 6) is -0.117. The number of hydrogen-bond donors (Lipinski definition) is 2. The Morgan fingerprint density at radius 1 is 1.00 bits per heavy atom. The lowest BCUT2D eigenvalue weighted by atomic mass is 10.2. The summed E-state index contributed by atoms with van der Waals surface area (Å²) < 4.78 is 0. The van der Waals surface area contributed by atoms with Gasteiger partial charge in [0.05, 0.1) is 6.54 Å². The van der Waals surface area contributed by atoms with E-state index in [9.17, 15) is 9.59 Å². The molecular formula is C15H22N4O2. The number of amides is 2. The molecule has 0 bridgehead atoms. The summed E-state index contributed by atoms with van der Waals surface area (Å²) in [5.41, 5.74) is 1.46. The lowest BCUT2D eigenvalue weighted by molar-refractivity contribution is -0.117. The molecule has 0 atom stereocenters. The number of carbonyl (C=O) groups excluding carboxylic acids is 2. The van der Waals surface area contributed by atoms with Crippen molar-refractivity contribution in [2.24, 2.45) is 0 Å². The lowest BCUT2D eigenvalue weighted by Crippen LogP contribution is -2.47. The average molecular weight is 290 g/mol. The van der Waals surface area contributed by atoms with Crippen molar-refractivity contribution in [2.75, 3.05) is 50.4 Å². The first-order chi connectivity index (χ1) is 10.0. The van der Waals surface area contributed by atoms with Crippen LogP contribution in [-0.4, -0.2) is 61.4 Å². The van der Waals surface area contributed by atoms with Crippen LogP contribution in [0.1, 0.15) is 6.92 Å². The fraction of sp³-hybridized carbons (Fsp3) is 0.467. The topological polar surface area (TPSA) is 64.7 Å². The highest BCUT2D eigenvalue weighted by Gasteiger charge is 2.16. The van der Waals surface area contributed by atoms with Gasteiger partial charge in [0.25, 0.3) is 0 Å². The second-order valence-corrected chi connectivity index (χ2v) is 5.39. The van der Waals surface area contributed by atoms with E-state index in [1.54, 1.807) is 24.3 Å². The quantitative estimate of drug-likeness (QED) is 0.862. The van der Waals surface area contributed by atoms with Crippen LogP contribution >= 0.6 is 0 Å². The van der Waals surface area contributed by atoms with E-state index in [1.165, 1.54) is 6.92 Å². The molecule has 0 spiro atoms. The molecule has 0 unspecified atom stereocenters. The molecule has 1 fully saturated rings. The first kappa shape index (κ1) is 15.5. The molecule has 0 radical (unpaired) electrons. The fourth-order valence-electron chi connectivity index (χ4n) is 2.25. The van der Waals surface area contributed by atoms with Crippen LogP contribution in [-0.2, 0) is 9.59 Å². The normalized spacial score (nSPS) is 16.5. The molecule has 6 nitrogen and oxygen atoms in total. The van der Waals surface area contributed by atoms with E-state index in [0.717, 1.165) is 37.6 Å². The first-order valence-corrected chi connectivity index (χ1v) is 7.11. The summed E-state index contributed by atoms with van der Waals surface area (Å²) >= 11 is 0. The first-order valence-electron chi connectivity index (χ1n) is 7.11. The highest BCUT2D eigenvalue weighted by Crippen LogP contribution is 2.13. The van der Waals surface area contributed by atoms with Gasteiger partial charge in [0, 0.05) is 44.5 Å². The summed E-state index contributed by atoms with van der Waals surface area (Å²) in [6.07, 6.45) is 0. The van der Waals surface area contributed by atoms with E-state index in [1.807, 2.05) is 0 Å². The maximum absolute atomic E-state index is 12.0. The van der Waals surface area contributed by atoms with Crippen molar-refractivity contribution in [3.05, 3.63) is 24.3 Å².